The number of amides is 1. The highest BCUT2D eigenvalue weighted by molar-refractivity contribution is 6.33. The Bertz CT molecular complexity index is 1390. The summed E-state index contributed by atoms with van der Waals surface area (Å²) in [5.41, 5.74) is 8.90. The smallest absolute Gasteiger partial charge is 0.252 e. The molecule has 0 bridgehead atoms. The van der Waals surface area contributed by atoms with Crippen molar-refractivity contribution in [2.24, 2.45) is 13.0 Å². The molecule has 6 rings (SSSR count). The van der Waals surface area contributed by atoms with Crippen LogP contribution in [0.15, 0.2) is 54.9 Å². The summed E-state index contributed by atoms with van der Waals surface area (Å²) in [6, 6.07) is 14.5. The first-order valence-corrected chi connectivity index (χ1v) is 10.9. The molecule has 1 amide bonds. The highest BCUT2D eigenvalue weighted by Gasteiger charge is 2.33. The van der Waals surface area contributed by atoms with Gasteiger partial charge < -0.3 is 19.4 Å². The zero-order chi connectivity index (χ0) is 21.1. The fourth-order valence-electron chi connectivity index (χ4n) is 5.56. The van der Waals surface area contributed by atoms with Crippen molar-refractivity contribution in [1.82, 2.24) is 14.3 Å². The summed E-state index contributed by atoms with van der Waals surface area (Å²) in [5.74, 6) is 0.264. The highest BCUT2D eigenvalue weighted by Crippen LogP contribution is 2.42. The summed E-state index contributed by atoms with van der Waals surface area (Å²) in [6.45, 7) is 0.736. The van der Waals surface area contributed by atoms with Gasteiger partial charge in [0.15, 0.2) is 0 Å². The van der Waals surface area contributed by atoms with Gasteiger partial charge in [-0.15, -0.1) is 0 Å². The third-order valence-corrected chi connectivity index (χ3v) is 7.02. The number of nitrogens with one attached hydrogen (secondary N) is 1. The lowest BCUT2D eigenvalue weighted by Gasteiger charge is -2.22. The van der Waals surface area contributed by atoms with Crippen LogP contribution in [0, 0.1) is 5.92 Å². The molecule has 1 aromatic carbocycles. The van der Waals surface area contributed by atoms with E-state index in [1.807, 2.05) is 19.2 Å². The third kappa shape index (κ3) is 2.63. The molecular weight excluding hydrogens is 386 g/mol. The summed E-state index contributed by atoms with van der Waals surface area (Å²) in [4.78, 5) is 13.1. The minimum Gasteiger partial charge on any atom is -0.396 e. The van der Waals surface area contributed by atoms with Gasteiger partial charge in [-0.25, -0.2) is 0 Å². The molecule has 5 nitrogen and oxygen atoms in total. The molecule has 1 aliphatic carbocycles. The molecule has 1 aliphatic heterocycles. The van der Waals surface area contributed by atoms with Gasteiger partial charge in [0.05, 0.1) is 11.1 Å². The zero-order valence-electron chi connectivity index (χ0n) is 17.6. The number of hydrogen-bond acceptors (Lipinski definition) is 2. The summed E-state index contributed by atoms with van der Waals surface area (Å²) >= 11 is 0. The van der Waals surface area contributed by atoms with Crippen LogP contribution in [0.1, 0.15) is 28.8 Å². The average Bonchev–Trinajstić information content (AvgIpc) is 3.44. The monoisotopic (exact) mass is 411 g/mol. The van der Waals surface area contributed by atoms with Gasteiger partial charge in [0.1, 0.15) is 0 Å². The number of pyridine rings is 1. The van der Waals surface area contributed by atoms with E-state index < -0.39 is 0 Å². The van der Waals surface area contributed by atoms with E-state index in [1.165, 1.54) is 16.8 Å². The minimum atomic E-state index is -0.00935. The summed E-state index contributed by atoms with van der Waals surface area (Å²) in [5, 5.41) is 14.0. The molecule has 2 N–H and O–H groups in total. The lowest BCUT2D eigenvalue weighted by molar-refractivity contribution is -0.114. The number of carbonyl (C=O) groups is 1. The zero-order valence-corrected chi connectivity index (χ0v) is 17.6. The van der Waals surface area contributed by atoms with E-state index in [-0.39, 0.29) is 18.4 Å². The molecular formula is C26H25N3O2. The molecule has 1 atom stereocenters. The van der Waals surface area contributed by atoms with Crippen LogP contribution in [-0.2, 0) is 24.7 Å². The molecule has 4 aromatic rings. The Kier molecular flexibility index (Phi) is 4.08. The average molecular weight is 412 g/mol. The van der Waals surface area contributed by atoms with E-state index >= 15 is 0 Å². The van der Waals surface area contributed by atoms with Crippen molar-refractivity contribution in [3.63, 3.8) is 0 Å². The largest absolute Gasteiger partial charge is 0.396 e. The first-order valence-electron chi connectivity index (χ1n) is 10.9. The van der Waals surface area contributed by atoms with E-state index in [9.17, 15) is 9.90 Å². The van der Waals surface area contributed by atoms with Gasteiger partial charge in [-0.1, -0.05) is 24.3 Å². The topological polar surface area (TPSA) is 58.7 Å². The summed E-state index contributed by atoms with van der Waals surface area (Å²) in [7, 11) is 2.03. The lowest BCUT2D eigenvalue weighted by atomic mass is 9.84. The summed E-state index contributed by atoms with van der Waals surface area (Å²) < 4.78 is 4.38. The Balaban J connectivity index is 1.67. The Labute approximate surface area is 180 Å². The molecule has 2 aliphatic rings. The second-order valence-corrected chi connectivity index (χ2v) is 8.75. The number of aryl methyl sites for hydroxylation is 2. The summed E-state index contributed by atoms with van der Waals surface area (Å²) in [6.07, 6.45) is 7.00. The van der Waals surface area contributed by atoms with E-state index in [4.69, 9.17) is 0 Å². The third-order valence-electron chi connectivity index (χ3n) is 7.02. The fourth-order valence-corrected chi connectivity index (χ4v) is 5.56. The molecule has 3 aromatic heterocycles. The van der Waals surface area contributed by atoms with Crippen LogP contribution in [0.3, 0.4) is 0 Å². The normalized spacial score (nSPS) is 18.8. The Morgan fingerprint density at radius 1 is 1.13 bits per heavy atom. The Hall–Kier alpha value is -3.31. The van der Waals surface area contributed by atoms with Gasteiger partial charge in [0.2, 0.25) is 0 Å². The van der Waals surface area contributed by atoms with Crippen molar-refractivity contribution in [2.75, 3.05) is 13.2 Å². The van der Waals surface area contributed by atoms with Crippen LogP contribution in [0.5, 0.6) is 0 Å². The second kappa shape index (κ2) is 6.86. The number of hydrogen-bond donors (Lipinski definition) is 2. The number of aromatic nitrogens is 2. The maximum atomic E-state index is 13.1. The SMILES string of the molecule is Cn1cc(C2=C(c3c4c(n5ccccc35)CCC(CO)C4)CNC2=O)c2ccccc21. The number of para-hydroxylation sites is 1. The number of carbonyl (C=O) groups excluding carboxylic acids is 1. The van der Waals surface area contributed by atoms with Crippen molar-refractivity contribution in [2.45, 2.75) is 19.3 Å². The van der Waals surface area contributed by atoms with Gasteiger partial charge in [0, 0.05) is 60.3 Å². The van der Waals surface area contributed by atoms with Crippen LogP contribution < -0.4 is 5.32 Å². The van der Waals surface area contributed by atoms with Crippen LogP contribution in [0.2, 0.25) is 0 Å². The standard InChI is InChI=1S/C26H25N3O2/c1-28-14-20(17-6-2-3-7-21(17)28)25-19(13-27-26(25)31)24-18-12-16(15-30)9-10-22(18)29-11-5-4-8-23(24)29/h2-8,11,14,16,30H,9-10,12-13,15H2,1H3,(H,27,31). The van der Waals surface area contributed by atoms with Crippen molar-refractivity contribution in [3.05, 3.63) is 77.2 Å². The quantitative estimate of drug-likeness (QED) is 0.542. The molecule has 31 heavy (non-hydrogen) atoms. The molecule has 5 heteroatoms. The minimum absolute atomic E-state index is 0.00935. The molecule has 0 radical (unpaired) electrons. The lowest BCUT2D eigenvalue weighted by Crippen LogP contribution is -2.18. The van der Waals surface area contributed by atoms with Crippen LogP contribution in [0.4, 0.5) is 0 Å². The number of aliphatic hydroxyl groups excluding tert-OH is 1. The number of fused-ring (bicyclic) bond motifs is 4. The Morgan fingerprint density at radius 2 is 1.94 bits per heavy atom. The van der Waals surface area contributed by atoms with Gasteiger partial charge in [-0.3, -0.25) is 4.79 Å². The maximum Gasteiger partial charge on any atom is 0.252 e. The van der Waals surface area contributed by atoms with Crippen molar-refractivity contribution in [1.29, 1.82) is 0 Å². The molecule has 1 unspecified atom stereocenters. The van der Waals surface area contributed by atoms with Gasteiger partial charge in [-0.2, -0.15) is 0 Å². The number of nitrogens with zero attached hydrogens (tertiary/aromatic N) is 2. The molecule has 156 valence electrons. The van der Waals surface area contributed by atoms with Gasteiger partial charge in [-0.05, 0) is 54.5 Å². The number of rotatable bonds is 3. The highest BCUT2D eigenvalue weighted by atomic mass is 16.3. The van der Waals surface area contributed by atoms with Crippen LogP contribution in [-0.4, -0.2) is 33.1 Å². The molecule has 0 fully saturated rings. The van der Waals surface area contributed by atoms with Crippen molar-refractivity contribution >= 4 is 33.5 Å². The van der Waals surface area contributed by atoms with E-state index in [0.717, 1.165) is 52.4 Å². The first-order chi connectivity index (χ1) is 15.2. The second-order valence-electron chi connectivity index (χ2n) is 8.75. The Morgan fingerprint density at radius 3 is 2.81 bits per heavy atom. The number of benzene rings is 1. The molecule has 0 spiro atoms. The van der Waals surface area contributed by atoms with Crippen LogP contribution >= 0.6 is 0 Å². The predicted octanol–water partition coefficient (Wildman–Crippen LogP) is 3.57. The van der Waals surface area contributed by atoms with Crippen LogP contribution in [0.25, 0.3) is 27.6 Å². The predicted molar refractivity (Wildman–Crippen MR) is 123 cm³/mol. The van der Waals surface area contributed by atoms with Crippen molar-refractivity contribution < 1.29 is 9.90 Å². The molecule has 0 saturated carbocycles. The molecule has 4 heterocycles. The van der Waals surface area contributed by atoms with Crippen molar-refractivity contribution in [3.8, 4) is 0 Å². The van der Waals surface area contributed by atoms with E-state index in [1.54, 1.807) is 0 Å². The fraction of sp³-hybridized carbons (Fsp3) is 0.269. The number of aliphatic hydroxyl groups is 1. The van der Waals surface area contributed by atoms with E-state index in [0.29, 0.717) is 6.54 Å². The first kappa shape index (κ1) is 18.5. The maximum absolute atomic E-state index is 13.1. The van der Waals surface area contributed by atoms with E-state index in [2.05, 4.69) is 57.0 Å². The van der Waals surface area contributed by atoms with Gasteiger partial charge in [0.25, 0.3) is 5.91 Å². The van der Waals surface area contributed by atoms with Gasteiger partial charge >= 0.3 is 0 Å². The molecule has 0 saturated heterocycles.